The molecule has 0 nitrogen and oxygen atoms in total. The lowest BCUT2D eigenvalue weighted by Crippen LogP contribution is -1.91. The molecule has 9 aromatic carbocycles. The van der Waals surface area contributed by atoms with E-state index < -0.39 is 0 Å². The van der Waals surface area contributed by atoms with Gasteiger partial charge in [0, 0.05) is 45.7 Å². The van der Waals surface area contributed by atoms with Crippen LogP contribution in [0.3, 0.4) is 0 Å². The van der Waals surface area contributed by atoms with E-state index in [-0.39, 0.29) is 0 Å². The van der Waals surface area contributed by atoms with Gasteiger partial charge in [0.2, 0.25) is 0 Å². The number of rotatable bonds is 3. The van der Waals surface area contributed by atoms with Gasteiger partial charge in [-0.3, -0.25) is 0 Å². The van der Waals surface area contributed by atoms with Crippen molar-refractivity contribution in [2.45, 2.75) is 0 Å². The summed E-state index contributed by atoms with van der Waals surface area (Å²) in [5, 5.41) is 13.2. The van der Waals surface area contributed by atoms with Crippen LogP contribution in [0.4, 0.5) is 0 Å². The fraction of sp³-hybridized carbons (Fsp3) is 0. The lowest BCUT2D eigenvalue weighted by Gasteiger charge is -2.18. The van der Waals surface area contributed by atoms with Gasteiger partial charge in [0.25, 0.3) is 0 Å². The van der Waals surface area contributed by atoms with E-state index >= 15 is 0 Å². The van der Waals surface area contributed by atoms with Gasteiger partial charge >= 0.3 is 0 Å². The van der Waals surface area contributed by atoms with Gasteiger partial charge < -0.3 is 0 Å². The first-order valence-corrected chi connectivity index (χ1v) is 18.7. The predicted octanol–water partition coefficient (Wildman–Crippen LogP) is 14.9. The molecule has 232 valence electrons. The smallest absolute Gasteiger partial charge is 0.0434 e. The minimum atomic E-state index is 1.23. The van der Waals surface area contributed by atoms with Gasteiger partial charge in [-0.15, -0.1) is 22.7 Å². The minimum absolute atomic E-state index is 1.23. The Hall–Kier alpha value is -5.80. The van der Waals surface area contributed by atoms with Crippen molar-refractivity contribution in [2.24, 2.45) is 0 Å². The average Bonchev–Trinajstić information content (AvgIpc) is 3.74. The fourth-order valence-electron chi connectivity index (χ4n) is 8.17. The Labute approximate surface area is 297 Å². The molecule has 0 aliphatic carbocycles. The van der Waals surface area contributed by atoms with E-state index in [4.69, 9.17) is 0 Å². The molecule has 11 aromatic rings. The Morgan fingerprint density at radius 2 is 0.840 bits per heavy atom. The summed E-state index contributed by atoms with van der Waals surface area (Å²) < 4.78 is 5.42. The molecule has 0 saturated carbocycles. The highest BCUT2D eigenvalue weighted by Crippen LogP contribution is 2.46. The highest BCUT2D eigenvalue weighted by Gasteiger charge is 2.17. The van der Waals surface area contributed by atoms with Crippen molar-refractivity contribution < 1.29 is 0 Å². The summed E-state index contributed by atoms with van der Waals surface area (Å²) in [5.74, 6) is 0. The number of thiophene rings is 2. The van der Waals surface area contributed by atoms with E-state index in [1.165, 1.54) is 106 Å². The summed E-state index contributed by atoms with van der Waals surface area (Å²) in [6.45, 7) is 0. The molecule has 0 atom stereocenters. The summed E-state index contributed by atoms with van der Waals surface area (Å²) >= 11 is 3.81. The molecular weight excluding hydrogens is 641 g/mol. The van der Waals surface area contributed by atoms with Crippen LogP contribution in [0, 0.1) is 0 Å². The van der Waals surface area contributed by atoms with Crippen molar-refractivity contribution >= 4 is 95.3 Å². The minimum Gasteiger partial charge on any atom is -0.135 e. The maximum Gasteiger partial charge on any atom is 0.0434 e. The van der Waals surface area contributed by atoms with Gasteiger partial charge in [0.05, 0.1) is 0 Å². The third-order valence-electron chi connectivity index (χ3n) is 10.4. The van der Waals surface area contributed by atoms with Crippen LogP contribution in [-0.2, 0) is 0 Å². The Morgan fingerprint density at radius 1 is 0.260 bits per heavy atom. The summed E-state index contributed by atoms with van der Waals surface area (Å²) in [6.07, 6.45) is 0. The highest BCUT2D eigenvalue weighted by molar-refractivity contribution is 7.27. The zero-order chi connectivity index (χ0) is 32.8. The van der Waals surface area contributed by atoms with E-state index in [1.54, 1.807) is 0 Å². The van der Waals surface area contributed by atoms with Gasteiger partial charge in [-0.25, -0.2) is 0 Å². The van der Waals surface area contributed by atoms with Crippen LogP contribution in [0.25, 0.3) is 106 Å². The van der Waals surface area contributed by atoms with Crippen molar-refractivity contribution in [1.29, 1.82) is 0 Å². The molecule has 0 N–H and O–H groups in total. The molecule has 0 aliphatic rings. The van der Waals surface area contributed by atoms with Crippen molar-refractivity contribution in [2.75, 3.05) is 0 Å². The number of fused-ring (bicyclic) bond motifs is 10. The van der Waals surface area contributed by atoms with E-state index in [0.717, 1.165) is 0 Å². The monoisotopic (exact) mass is 668 g/mol. The molecule has 0 bridgehead atoms. The van der Waals surface area contributed by atoms with Gasteiger partial charge in [-0.05, 0) is 96.7 Å². The maximum atomic E-state index is 2.43. The summed E-state index contributed by atoms with van der Waals surface area (Å²) in [5.41, 5.74) is 7.55. The molecule has 2 heterocycles. The molecule has 0 spiro atoms. The molecular formula is C48H28S2. The molecule has 2 aromatic heterocycles. The Bertz CT molecular complexity index is 3080. The van der Waals surface area contributed by atoms with Crippen molar-refractivity contribution in [3.05, 3.63) is 170 Å². The third kappa shape index (κ3) is 4.16. The van der Waals surface area contributed by atoms with E-state index in [9.17, 15) is 0 Å². The lowest BCUT2D eigenvalue weighted by molar-refractivity contribution is 1.63. The van der Waals surface area contributed by atoms with Gasteiger partial charge in [0.1, 0.15) is 0 Å². The lowest BCUT2D eigenvalue weighted by atomic mass is 9.85. The summed E-state index contributed by atoms with van der Waals surface area (Å²) in [7, 11) is 0. The second-order valence-electron chi connectivity index (χ2n) is 13.2. The second kappa shape index (κ2) is 10.9. The van der Waals surface area contributed by atoms with Crippen LogP contribution in [-0.4, -0.2) is 0 Å². The third-order valence-corrected chi connectivity index (χ3v) is 12.8. The number of hydrogen-bond donors (Lipinski definition) is 0. The van der Waals surface area contributed by atoms with E-state index in [1.807, 2.05) is 22.7 Å². The van der Waals surface area contributed by atoms with Crippen molar-refractivity contribution in [3.63, 3.8) is 0 Å². The van der Waals surface area contributed by atoms with Crippen LogP contribution < -0.4 is 0 Å². The quantitative estimate of drug-likeness (QED) is 0.164. The predicted molar refractivity (Wildman–Crippen MR) is 221 cm³/mol. The fourth-order valence-corrected chi connectivity index (χ4v) is 10.5. The Balaban J connectivity index is 1.09. The zero-order valence-electron chi connectivity index (χ0n) is 27.0. The molecule has 2 heteroatoms. The molecule has 0 unspecified atom stereocenters. The number of benzene rings is 9. The van der Waals surface area contributed by atoms with Gasteiger partial charge in [-0.2, -0.15) is 0 Å². The molecule has 0 fully saturated rings. The Kier molecular flexibility index (Phi) is 6.09. The van der Waals surface area contributed by atoms with E-state index in [2.05, 4.69) is 170 Å². The SMILES string of the molecule is c1ccc(-c2c3ccccc3c(-c3cccc(-c4ccc5sc6c7cc8sc9ccccc9c8cc7ccc6c5c4)c3)c3ccccc23)cc1. The summed E-state index contributed by atoms with van der Waals surface area (Å²) in [6, 6.07) is 63.1. The van der Waals surface area contributed by atoms with Gasteiger partial charge in [-0.1, -0.05) is 133 Å². The zero-order valence-corrected chi connectivity index (χ0v) is 28.6. The largest absolute Gasteiger partial charge is 0.135 e. The molecule has 0 amide bonds. The molecule has 0 aliphatic heterocycles. The molecule has 0 radical (unpaired) electrons. The molecule has 0 saturated heterocycles. The first kappa shape index (κ1) is 28.1. The van der Waals surface area contributed by atoms with Crippen molar-refractivity contribution in [1.82, 2.24) is 0 Å². The first-order chi connectivity index (χ1) is 24.8. The van der Waals surface area contributed by atoms with Crippen LogP contribution in [0.15, 0.2) is 170 Å². The van der Waals surface area contributed by atoms with E-state index in [0.29, 0.717) is 0 Å². The Morgan fingerprint density at radius 3 is 1.60 bits per heavy atom. The van der Waals surface area contributed by atoms with Crippen LogP contribution in [0.1, 0.15) is 0 Å². The second-order valence-corrected chi connectivity index (χ2v) is 15.3. The normalized spacial score (nSPS) is 12.0. The summed E-state index contributed by atoms with van der Waals surface area (Å²) in [4.78, 5) is 0. The van der Waals surface area contributed by atoms with Crippen molar-refractivity contribution in [3.8, 4) is 33.4 Å². The van der Waals surface area contributed by atoms with Crippen LogP contribution in [0.2, 0.25) is 0 Å². The average molecular weight is 669 g/mol. The highest BCUT2D eigenvalue weighted by atomic mass is 32.1. The maximum absolute atomic E-state index is 2.43. The van der Waals surface area contributed by atoms with Crippen LogP contribution in [0.5, 0.6) is 0 Å². The topological polar surface area (TPSA) is 0 Å². The molecule has 11 rings (SSSR count). The van der Waals surface area contributed by atoms with Crippen LogP contribution >= 0.6 is 22.7 Å². The number of hydrogen-bond acceptors (Lipinski definition) is 2. The van der Waals surface area contributed by atoms with Gasteiger partial charge in [0.15, 0.2) is 0 Å². The molecule has 50 heavy (non-hydrogen) atoms. The first-order valence-electron chi connectivity index (χ1n) is 17.1. The standard InChI is InChI=1S/C48H28S2/c1-2-11-29(12-3-1)46-35-16-4-6-18-37(35)47(38-19-7-5-17-36(38)46)33-14-10-13-30(25-33)31-22-24-44-42(26-31)39-23-21-32-27-41-34-15-8-9-20-43(34)49-45(41)28-40(32)48(39)50-44/h1-28H.